The van der Waals surface area contributed by atoms with Crippen molar-refractivity contribution < 1.29 is 5.11 Å². The Labute approximate surface area is 57.5 Å². The van der Waals surface area contributed by atoms with Crippen LogP contribution in [0.25, 0.3) is 0 Å². The van der Waals surface area contributed by atoms with E-state index in [1.165, 1.54) is 6.42 Å². The van der Waals surface area contributed by atoms with Crippen molar-refractivity contribution in [3.05, 3.63) is 0 Å². The lowest BCUT2D eigenvalue weighted by atomic mass is 10.3. The molecule has 0 radical (unpaired) electrons. The first-order valence-electron chi connectivity index (χ1n) is 3.04. The van der Waals surface area contributed by atoms with Crippen molar-refractivity contribution in [2.75, 3.05) is 13.2 Å². The van der Waals surface area contributed by atoms with E-state index in [2.05, 4.69) is 0 Å². The van der Waals surface area contributed by atoms with Gasteiger partial charge in [-0.1, -0.05) is 10.7 Å². The van der Waals surface area contributed by atoms with Crippen molar-refractivity contribution >= 4 is 16.3 Å². The fourth-order valence-electron chi connectivity index (χ4n) is 1.04. The predicted octanol–water partition coefficient (Wildman–Crippen LogP) is -1.25. The normalized spacial score (nSPS) is 44.5. The zero-order chi connectivity index (χ0) is 6.20. The van der Waals surface area contributed by atoms with Crippen molar-refractivity contribution in [1.29, 1.82) is 0 Å². The molecule has 0 aromatic heterocycles. The van der Waals surface area contributed by atoms with Gasteiger partial charge in [0.2, 0.25) is 16.3 Å². The van der Waals surface area contributed by atoms with Crippen LogP contribution in [-0.2, 0) is 0 Å². The Hall–Kier alpha value is 0.452. The molecule has 3 N–H and O–H groups in total. The van der Waals surface area contributed by atoms with Crippen LogP contribution < -0.4 is 5.73 Å². The highest BCUT2D eigenvalue weighted by molar-refractivity contribution is 6.18. The van der Waals surface area contributed by atoms with Gasteiger partial charge in [-0.3, -0.25) is 0 Å². The van der Waals surface area contributed by atoms with E-state index in [1.807, 2.05) is 0 Å². The Bertz CT molecular complexity index is 98.4. The summed E-state index contributed by atoms with van der Waals surface area (Å²) in [4.78, 5) is 0. The highest BCUT2D eigenvalue weighted by Crippen LogP contribution is 2.55. The first kappa shape index (κ1) is 6.57. The average molecular weight is 129 g/mol. The minimum atomic E-state index is 0.348. The minimum absolute atomic E-state index is 0.348. The first-order chi connectivity index (χ1) is 3.73. The second-order valence-electron chi connectivity index (χ2n) is 2.94. The standard InChI is InChI=1S/C5H10NO.Al.2H/c6-2-4-1-5(4)3-7;;;/h5,7H,1-3,6H2;;;. The topological polar surface area (TPSA) is 46.2 Å². The highest BCUT2D eigenvalue weighted by atomic mass is 27.0. The molecular weight excluding hydrogens is 117 g/mol. The predicted molar refractivity (Wildman–Crippen MR) is 35.5 cm³/mol. The van der Waals surface area contributed by atoms with Gasteiger partial charge in [0.1, 0.15) is 0 Å². The summed E-state index contributed by atoms with van der Waals surface area (Å²) in [5.74, 6) is 0.555. The molecule has 0 bridgehead atoms. The van der Waals surface area contributed by atoms with Crippen LogP contribution in [0, 0.1) is 5.92 Å². The summed E-state index contributed by atoms with van der Waals surface area (Å²) in [6.07, 6.45) is 1.17. The summed E-state index contributed by atoms with van der Waals surface area (Å²) < 4.78 is 0.425. The molecule has 0 amide bonds. The van der Waals surface area contributed by atoms with Crippen LogP contribution in [-0.4, -0.2) is 34.5 Å². The van der Waals surface area contributed by atoms with Crippen molar-refractivity contribution in [1.82, 2.24) is 0 Å². The lowest BCUT2D eigenvalue weighted by Crippen LogP contribution is -2.12. The summed E-state index contributed by atoms with van der Waals surface area (Å²) in [5.41, 5.74) is 5.46. The lowest BCUT2D eigenvalue weighted by molar-refractivity contribution is 0.271. The van der Waals surface area contributed by atoms with Gasteiger partial charge >= 0.3 is 0 Å². The van der Waals surface area contributed by atoms with Crippen LogP contribution in [0.2, 0.25) is 4.28 Å². The van der Waals surface area contributed by atoms with Gasteiger partial charge in [-0.2, -0.15) is 0 Å². The second kappa shape index (κ2) is 2.00. The SMILES string of the molecule is NC[C]1([AlH2])CC1CO. The first-order valence-corrected chi connectivity index (χ1v) is 4.04. The molecule has 8 heavy (non-hydrogen) atoms. The van der Waals surface area contributed by atoms with Crippen LogP contribution in [0.4, 0.5) is 0 Å². The van der Waals surface area contributed by atoms with E-state index in [0.29, 0.717) is 16.8 Å². The summed E-state index contributed by atoms with van der Waals surface area (Å²) in [5, 5.41) is 8.64. The van der Waals surface area contributed by atoms with Gasteiger partial charge in [0, 0.05) is 6.61 Å². The summed E-state index contributed by atoms with van der Waals surface area (Å²) in [6.45, 7) is 1.13. The van der Waals surface area contributed by atoms with Crippen molar-refractivity contribution in [2.45, 2.75) is 10.7 Å². The van der Waals surface area contributed by atoms with Crippen molar-refractivity contribution in [3.63, 3.8) is 0 Å². The lowest BCUT2D eigenvalue weighted by Gasteiger charge is -2.02. The average Bonchev–Trinajstić information content (AvgIpc) is 2.44. The Morgan fingerprint density at radius 1 is 1.88 bits per heavy atom. The Balaban J connectivity index is 2.31. The fourth-order valence-corrected chi connectivity index (χ4v) is 1.71. The van der Waals surface area contributed by atoms with Crippen LogP contribution >= 0.6 is 0 Å². The van der Waals surface area contributed by atoms with Crippen LogP contribution in [0.15, 0.2) is 0 Å². The molecule has 0 heterocycles. The zero-order valence-electron chi connectivity index (χ0n) is 5.22. The Morgan fingerprint density at radius 2 is 2.50 bits per heavy atom. The van der Waals surface area contributed by atoms with Crippen LogP contribution in [0.3, 0.4) is 0 Å². The van der Waals surface area contributed by atoms with Gasteiger partial charge in [-0.05, 0) is 12.5 Å². The minimum Gasteiger partial charge on any atom is -0.396 e. The van der Waals surface area contributed by atoms with E-state index in [4.69, 9.17) is 10.8 Å². The van der Waals surface area contributed by atoms with Crippen molar-refractivity contribution in [3.8, 4) is 0 Å². The third kappa shape index (κ3) is 0.918. The molecular formula is C5H12AlNO. The maximum atomic E-state index is 8.64. The molecule has 2 nitrogen and oxygen atoms in total. The molecule has 1 aliphatic rings. The molecule has 1 rings (SSSR count). The van der Waals surface area contributed by atoms with Gasteiger partial charge in [-0.25, -0.2) is 0 Å². The smallest absolute Gasteiger partial charge is 0.224 e. The fraction of sp³-hybridized carbons (Fsp3) is 1.00. The van der Waals surface area contributed by atoms with Gasteiger partial charge in [0.15, 0.2) is 0 Å². The zero-order valence-corrected chi connectivity index (χ0v) is 7.22. The van der Waals surface area contributed by atoms with Gasteiger partial charge in [0.25, 0.3) is 0 Å². The third-order valence-corrected chi connectivity index (χ3v) is 3.86. The number of hydrogen-bond acceptors (Lipinski definition) is 2. The molecule has 46 valence electrons. The monoisotopic (exact) mass is 129 g/mol. The molecule has 2 atom stereocenters. The van der Waals surface area contributed by atoms with Gasteiger partial charge in [0.05, 0.1) is 0 Å². The van der Waals surface area contributed by atoms with Crippen LogP contribution in [0.5, 0.6) is 0 Å². The molecule has 1 aliphatic carbocycles. The molecule has 0 saturated heterocycles. The van der Waals surface area contributed by atoms with Crippen molar-refractivity contribution in [2.24, 2.45) is 11.7 Å². The highest BCUT2D eigenvalue weighted by Gasteiger charge is 2.47. The van der Waals surface area contributed by atoms with Crippen LogP contribution in [0.1, 0.15) is 6.42 Å². The molecule has 2 unspecified atom stereocenters. The Morgan fingerprint density at radius 3 is 2.62 bits per heavy atom. The molecule has 0 aliphatic heterocycles. The van der Waals surface area contributed by atoms with Gasteiger partial charge < -0.3 is 10.8 Å². The number of aliphatic hydroxyl groups is 1. The summed E-state index contributed by atoms with van der Waals surface area (Å²) in [6, 6.07) is 0. The third-order valence-electron chi connectivity index (χ3n) is 2.22. The maximum Gasteiger partial charge on any atom is 0.224 e. The van der Waals surface area contributed by atoms with E-state index < -0.39 is 0 Å². The van der Waals surface area contributed by atoms with E-state index in [-0.39, 0.29) is 0 Å². The molecule has 0 aromatic rings. The molecule has 1 saturated carbocycles. The van der Waals surface area contributed by atoms with E-state index >= 15 is 0 Å². The molecule has 3 heteroatoms. The quantitative estimate of drug-likeness (QED) is 0.457. The molecule has 1 fully saturated rings. The van der Waals surface area contributed by atoms with E-state index in [0.717, 1.165) is 22.8 Å². The van der Waals surface area contributed by atoms with E-state index in [9.17, 15) is 0 Å². The summed E-state index contributed by atoms with van der Waals surface area (Å²) in [7, 11) is 0. The molecule has 0 spiro atoms. The number of hydrogen-bond donors (Lipinski definition) is 2. The number of nitrogens with two attached hydrogens (primary N) is 1. The Kier molecular flexibility index (Phi) is 1.64. The maximum absolute atomic E-state index is 8.64. The number of rotatable bonds is 2. The van der Waals surface area contributed by atoms with Gasteiger partial charge in [-0.15, -0.1) is 0 Å². The second-order valence-corrected chi connectivity index (χ2v) is 4.93. The number of aliphatic hydroxyl groups excluding tert-OH is 1. The largest absolute Gasteiger partial charge is 0.396 e. The summed E-state index contributed by atoms with van der Waals surface area (Å²) >= 11 is 1.15. The van der Waals surface area contributed by atoms with E-state index in [1.54, 1.807) is 0 Å². The molecule has 0 aromatic carbocycles.